The Morgan fingerprint density at radius 1 is 1.17 bits per heavy atom. The molecule has 0 aliphatic rings. The maximum Gasteiger partial charge on any atom is 0.266 e. The lowest BCUT2D eigenvalue weighted by Gasteiger charge is -2.16. The third-order valence-electron chi connectivity index (χ3n) is 4.18. The van der Waals surface area contributed by atoms with Gasteiger partial charge in [0.15, 0.2) is 0 Å². The van der Waals surface area contributed by atoms with Crippen LogP contribution in [0.25, 0.3) is 0 Å². The number of rotatable bonds is 6. The van der Waals surface area contributed by atoms with Crippen LogP contribution in [-0.4, -0.2) is 35.3 Å². The number of thiazole rings is 1. The number of para-hydroxylation sites is 1. The van der Waals surface area contributed by atoms with E-state index in [9.17, 15) is 14.0 Å². The zero-order valence-corrected chi connectivity index (χ0v) is 17.5. The molecule has 0 aliphatic heterocycles. The van der Waals surface area contributed by atoms with Gasteiger partial charge >= 0.3 is 0 Å². The second-order valence-electron chi connectivity index (χ2n) is 6.51. The summed E-state index contributed by atoms with van der Waals surface area (Å²) in [6, 6.07) is 13.1. The van der Waals surface area contributed by atoms with Gasteiger partial charge in [0.1, 0.15) is 10.7 Å². The van der Waals surface area contributed by atoms with Gasteiger partial charge in [0, 0.05) is 13.5 Å². The summed E-state index contributed by atoms with van der Waals surface area (Å²) < 4.78 is 13.0. The molecule has 3 rings (SSSR count). The number of nitrogens with zero attached hydrogens (tertiary/aromatic N) is 2. The fourth-order valence-corrected chi connectivity index (χ4v) is 3.99. The number of hydrogen-bond donors (Lipinski definition) is 1. The lowest BCUT2D eigenvalue weighted by atomic mass is 10.1. The molecule has 3 aromatic rings. The number of hydrogen-bond acceptors (Lipinski definition) is 4. The number of aromatic nitrogens is 1. The largest absolute Gasteiger partial charge is 0.332 e. The Balaban J connectivity index is 1.64. The molecule has 0 bridgehead atoms. The molecule has 0 aliphatic carbocycles. The first kappa shape index (κ1) is 21.0. The highest BCUT2D eigenvalue weighted by molar-refractivity contribution is 7.13. The van der Waals surface area contributed by atoms with Crippen LogP contribution in [-0.2, 0) is 11.2 Å². The minimum atomic E-state index is -0.345. The SMILES string of the molecule is Cc1nc(Cc2ccc(F)cc2)sc1C(=O)N(C)CC(=O)Nc1ccccc1Cl. The number of nitrogens with one attached hydrogen (secondary N) is 1. The number of halogens is 2. The van der Waals surface area contributed by atoms with Crippen LogP contribution in [0.15, 0.2) is 48.5 Å². The van der Waals surface area contributed by atoms with Crippen LogP contribution >= 0.6 is 22.9 Å². The first-order valence-corrected chi connectivity index (χ1v) is 10.0. The van der Waals surface area contributed by atoms with Gasteiger partial charge in [0.25, 0.3) is 5.91 Å². The van der Waals surface area contributed by atoms with Gasteiger partial charge in [0.2, 0.25) is 5.91 Å². The fourth-order valence-electron chi connectivity index (χ4n) is 2.72. The molecule has 29 heavy (non-hydrogen) atoms. The minimum absolute atomic E-state index is 0.116. The van der Waals surface area contributed by atoms with Crippen molar-refractivity contribution in [2.75, 3.05) is 18.9 Å². The van der Waals surface area contributed by atoms with Crippen molar-refractivity contribution in [2.45, 2.75) is 13.3 Å². The van der Waals surface area contributed by atoms with E-state index in [2.05, 4.69) is 10.3 Å². The fraction of sp³-hybridized carbons (Fsp3) is 0.190. The van der Waals surface area contributed by atoms with Crippen molar-refractivity contribution in [1.29, 1.82) is 0 Å². The molecule has 0 atom stereocenters. The highest BCUT2D eigenvalue weighted by atomic mass is 35.5. The third kappa shape index (κ3) is 5.40. The van der Waals surface area contributed by atoms with Crippen LogP contribution in [0, 0.1) is 12.7 Å². The van der Waals surface area contributed by atoms with E-state index in [0.29, 0.717) is 27.7 Å². The number of carbonyl (C=O) groups is 2. The molecule has 0 radical (unpaired) electrons. The molecular weight excluding hydrogens is 413 g/mol. The molecule has 2 amide bonds. The van der Waals surface area contributed by atoms with Crippen LogP contribution in [0.5, 0.6) is 0 Å². The zero-order valence-electron chi connectivity index (χ0n) is 15.9. The van der Waals surface area contributed by atoms with Crippen LogP contribution in [0.2, 0.25) is 5.02 Å². The molecule has 5 nitrogen and oxygen atoms in total. The van der Waals surface area contributed by atoms with Crippen molar-refractivity contribution in [3.8, 4) is 0 Å². The average Bonchev–Trinajstić information content (AvgIpc) is 3.04. The van der Waals surface area contributed by atoms with Gasteiger partial charge in [0.05, 0.1) is 28.0 Å². The Hall–Kier alpha value is -2.77. The van der Waals surface area contributed by atoms with Gasteiger partial charge < -0.3 is 10.2 Å². The van der Waals surface area contributed by atoms with E-state index in [-0.39, 0.29) is 24.2 Å². The monoisotopic (exact) mass is 431 g/mol. The van der Waals surface area contributed by atoms with E-state index in [4.69, 9.17) is 11.6 Å². The maximum atomic E-state index is 13.0. The summed E-state index contributed by atoms with van der Waals surface area (Å²) in [5.74, 6) is -0.918. The van der Waals surface area contributed by atoms with Gasteiger partial charge in [-0.25, -0.2) is 9.37 Å². The Kier molecular flexibility index (Phi) is 6.61. The van der Waals surface area contributed by atoms with E-state index >= 15 is 0 Å². The van der Waals surface area contributed by atoms with Crippen LogP contribution < -0.4 is 5.32 Å². The summed E-state index contributed by atoms with van der Waals surface area (Å²) in [5, 5.41) is 3.88. The van der Waals surface area contributed by atoms with Crippen molar-refractivity contribution >= 4 is 40.4 Å². The first-order valence-electron chi connectivity index (χ1n) is 8.84. The van der Waals surface area contributed by atoms with E-state index < -0.39 is 0 Å². The van der Waals surface area contributed by atoms with E-state index in [1.54, 1.807) is 50.4 Å². The minimum Gasteiger partial charge on any atom is -0.332 e. The lowest BCUT2D eigenvalue weighted by Crippen LogP contribution is -2.34. The predicted molar refractivity (Wildman–Crippen MR) is 113 cm³/mol. The second kappa shape index (κ2) is 9.15. The standard InChI is InChI=1S/C21H19ClFN3O2S/c1-13-20(29-19(24-13)11-14-7-9-15(23)10-8-14)21(28)26(2)12-18(27)25-17-6-4-3-5-16(17)22/h3-10H,11-12H2,1-2H3,(H,25,27). The third-order valence-corrected chi connectivity index (χ3v) is 5.65. The maximum absolute atomic E-state index is 13.0. The first-order chi connectivity index (χ1) is 13.8. The molecule has 1 aromatic heterocycles. The Labute approximate surface area is 177 Å². The predicted octanol–water partition coefficient (Wildman–Crippen LogP) is 4.55. The van der Waals surface area contributed by atoms with Crippen molar-refractivity contribution < 1.29 is 14.0 Å². The van der Waals surface area contributed by atoms with Crippen molar-refractivity contribution in [3.05, 3.63) is 80.5 Å². The van der Waals surface area contributed by atoms with Gasteiger partial charge in [-0.15, -0.1) is 11.3 Å². The van der Waals surface area contributed by atoms with E-state index in [0.717, 1.165) is 10.6 Å². The molecule has 2 aromatic carbocycles. The van der Waals surface area contributed by atoms with Gasteiger partial charge in [-0.1, -0.05) is 35.9 Å². The normalized spacial score (nSPS) is 10.6. The van der Waals surface area contributed by atoms with Crippen LogP contribution in [0.3, 0.4) is 0 Å². The molecule has 1 N–H and O–H groups in total. The summed E-state index contributed by atoms with van der Waals surface area (Å²) >= 11 is 7.32. The van der Waals surface area contributed by atoms with Crippen molar-refractivity contribution in [1.82, 2.24) is 9.88 Å². The molecule has 0 fully saturated rings. The number of aryl methyl sites for hydroxylation is 1. The summed E-state index contributed by atoms with van der Waals surface area (Å²) in [6.07, 6.45) is 0.510. The van der Waals surface area contributed by atoms with Crippen LogP contribution in [0.1, 0.15) is 25.9 Å². The summed E-state index contributed by atoms with van der Waals surface area (Å²) in [7, 11) is 1.56. The summed E-state index contributed by atoms with van der Waals surface area (Å²) in [5.41, 5.74) is 2.01. The Morgan fingerprint density at radius 2 is 1.86 bits per heavy atom. The summed E-state index contributed by atoms with van der Waals surface area (Å²) in [6.45, 7) is 1.64. The van der Waals surface area contributed by atoms with E-state index in [1.807, 2.05) is 0 Å². The number of carbonyl (C=O) groups excluding carboxylic acids is 2. The molecule has 8 heteroatoms. The van der Waals surface area contributed by atoms with Gasteiger partial charge in [-0.2, -0.15) is 0 Å². The Morgan fingerprint density at radius 3 is 2.55 bits per heavy atom. The topological polar surface area (TPSA) is 62.3 Å². The zero-order chi connectivity index (χ0) is 21.0. The number of likely N-dealkylation sites (N-methyl/N-ethyl adjacent to an activating group) is 1. The lowest BCUT2D eigenvalue weighted by molar-refractivity contribution is -0.116. The molecule has 150 valence electrons. The average molecular weight is 432 g/mol. The highest BCUT2D eigenvalue weighted by Crippen LogP contribution is 2.23. The smallest absolute Gasteiger partial charge is 0.266 e. The number of benzene rings is 2. The number of anilines is 1. The quantitative estimate of drug-likeness (QED) is 0.623. The molecule has 1 heterocycles. The van der Waals surface area contributed by atoms with Crippen LogP contribution in [0.4, 0.5) is 10.1 Å². The van der Waals surface area contributed by atoms with Crippen molar-refractivity contribution in [2.24, 2.45) is 0 Å². The Bertz CT molecular complexity index is 1040. The molecule has 0 saturated carbocycles. The highest BCUT2D eigenvalue weighted by Gasteiger charge is 2.21. The van der Waals surface area contributed by atoms with Gasteiger partial charge in [-0.3, -0.25) is 9.59 Å². The van der Waals surface area contributed by atoms with E-state index in [1.165, 1.54) is 28.4 Å². The molecule has 0 spiro atoms. The molecule has 0 unspecified atom stereocenters. The molecule has 0 saturated heterocycles. The second-order valence-corrected chi connectivity index (χ2v) is 8.01. The molecular formula is C21H19ClFN3O2S. The number of amides is 2. The van der Waals surface area contributed by atoms with Gasteiger partial charge in [-0.05, 0) is 36.8 Å². The van der Waals surface area contributed by atoms with Crippen molar-refractivity contribution in [3.63, 3.8) is 0 Å². The summed E-state index contributed by atoms with van der Waals surface area (Å²) in [4.78, 5) is 31.3.